The summed E-state index contributed by atoms with van der Waals surface area (Å²) in [5.41, 5.74) is 3.26. The van der Waals surface area contributed by atoms with Gasteiger partial charge in [0, 0.05) is 22.4 Å². The average molecular weight is 445 g/mol. The number of fused-ring (bicyclic) bond motifs is 7. The Morgan fingerprint density at radius 3 is 1.64 bits per heavy atom. The third-order valence-corrected chi connectivity index (χ3v) is 9.71. The molecule has 2 nitrogen and oxygen atoms in total. The Balaban J connectivity index is 1.75. The van der Waals surface area contributed by atoms with Gasteiger partial charge in [-0.15, -0.1) is 6.58 Å². The number of rotatable bonds is 3. The molecule has 0 N–H and O–H groups in total. The van der Waals surface area contributed by atoms with Crippen molar-refractivity contribution in [3.8, 4) is 22.6 Å². The topological polar surface area (TPSA) is 18.5 Å². The summed E-state index contributed by atoms with van der Waals surface area (Å²) in [4.78, 5) is 0. The van der Waals surface area contributed by atoms with Crippen molar-refractivity contribution in [1.29, 1.82) is 0 Å². The standard InChI is InChI=1S/C30H24O2Si/c1-21(2)20-33(24-12-4-3-5-13-24)31-27-18-16-22-10-6-8-14-25(22)29(27)30-26-15-9-7-11-23(26)17-19-28(30)32-33/h3-19H,1,20H2,2H3. The van der Waals surface area contributed by atoms with Crippen LogP contribution in [0.2, 0.25) is 6.04 Å². The molecule has 5 aromatic carbocycles. The highest BCUT2D eigenvalue weighted by molar-refractivity contribution is 6.83. The van der Waals surface area contributed by atoms with Gasteiger partial charge in [0.2, 0.25) is 0 Å². The van der Waals surface area contributed by atoms with Gasteiger partial charge in [0.25, 0.3) is 0 Å². The molecule has 3 heteroatoms. The molecule has 0 radical (unpaired) electrons. The van der Waals surface area contributed by atoms with Crippen molar-refractivity contribution in [3.63, 3.8) is 0 Å². The zero-order valence-electron chi connectivity index (χ0n) is 18.5. The van der Waals surface area contributed by atoms with Crippen molar-refractivity contribution in [2.75, 3.05) is 0 Å². The summed E-state index contributed by atoms with van der Waals surface area (Å²) in [5.74, 6) is 1.75. The first kappa shape index (κ1) is 19.8. The molecule has 0 unspecified atom stereocenters. The van der Waals surface area contributed by atoms with Gasteiger partial charge in [-0.05, 0) is 40.6 Å². The SMILES string of the molecule is C=C(C)C[Si]1(c2ccccc2)Oc2ccc3ccccc3c2-c2c(ccc3ccccc23)O1. The maximum Gasteiger partial charge on any atom is 0.499 e. The molecule has 0 aliphatic carbocycles. The van der Waals surface area contributed by atoms with Crippen molar-refractivity contribution >= 4 is 35.3 Å². The molecule has 1 heterocycles. The first-order valence-electron chi connectivity index (χ1n) is 11.3. The van der Waals surface area contributed by atoms with Crippen LogP contribution in [0.3, 0.4) is 0 Å². The summed E-state index contributed by atoms with van der Waals surface area (Å²) in [7, 11) is -2.95. The van der Waals surface area contributed by atoms with Crippen molar-refractivity contribution in [3.05, 3.63) is 115 Å². The molecule has 0 saturated carbocycles. The molecule has 6 rings (SSSR count). The van der Waals surface area contributed by atoms with Crippen LogP contribution in [0.15, 0.2) is 115 Å². The van der Waals surface area contributed by atoms with Crippen LogP contribution in [0, 0.1) is 0 Å². The van der Waals surface area contributed by atoms with E-state index in [-0.39, 0.29) is 0 Å². The Kier molecular flexibility index (Phi) is 4.59. The zero-order valence-corrected chi connectivity index (χ0v) is 19.5. The third-order valence-electron chi connectivity index (χ3n) is 6.33. The third kappa shape index (κ3) is 3.24. The Hall–Kier alpha value is -3.82. The smallest absolute Gasteiger partial charge is 0.499 e. The van der Waals surface area contributed by atoms with E-state index < -0.39 is 8.56 Å². The van der Waals surface area contributed by atoms with Gasteiger partial charge >= 0.3 is 8.56 Å². The summed E-state index contributed by atoms with van der Waals surface area (Å²) >= 11 is 0. The van der Waals surface area contributed by atoms with Crippen LogP contribution in [0.5, 0.6) is 11.5 Å². The van der Waals surface area contributed by atoms with Crippen LogP contribution in [0.1, 0.15) is 6.92 Å². The van der Waals surface area contributed by atoms with E-state index in [0.717, 1.165) is 33.4 Å². The maximum atomic E-state index is 7.04. The molecule has 1 aliphatic heterocycles. The van der Waals surface area contributed by atoms with Crippen molar-refractivity contribution in [2.24, 2.45) is 0 Å². The summed E-state index contributed by atoms with van der Waals surface area (Å²) in [6.07, 6.45) is 0. The minimum absolute atomic E-state index is 0.676. The summed E-state index contributed by atoms with van der Waals surface area (Å²) in [6.45, 7) is 6.29. The van der Waals surface area contributed by atoms with Crippen molar-refractivity contribution in [2.45, 2.75) is 13.0 Å². The normalized spacial score (nSPS) is 14.0. The fourth-order valence-corrected chi connectivity index (χ4v) is 8.12. The van der Waals surface area contributed by atoms with E-state index in [1.807, 2.05) is 6.07 Å². The Labute approximate surface area is 195 Å². The van der Waals surface area contributed by atoms with Crippen LogP contribution < -0.4 is 14.0 Å². The molecule has 5 aromatic rings. The summed E-state index contributed by atoms with van der Waals surface area (Å²) in [5, 5.41) is 5.82. The molecule has 1 aliphatic rings. The predicted molar refractivity (Wildman–Crippen MR) is 140 cm³/mol. The molecular weight excluding hydrogens is 420 g/mol. The van der Waals surface area contributed by atoms with E-state index in [0.29, 0.717) is 6.04 Å². The number of hydrogen-bond donors (Lipinski definition) is 0. The van der Waals surface area contributed by atoms with E-state index >= 15 is 0 Å². The molecule has 0 saturated heterocycles. The fraction of sp³-hybridized carbons (Fsp3) is 0.0667. The molecule has 0 amide bonds. The van der Waals surface area contributed by atoms with E-state index in [4.69, 9.17) is 8.85 Å². The number of hydrogen-bond acceptors (Lipinski definition) is 2. The summed E-state index contributed by atoms with van der Waals surface area (Å²) in [6, 6.07) is 36.6. The lowest BCUT2D eigenvalue weighted by molar-refractivity contribution is 0.410. The Morgan fingerprint density at radius 1 is 0.636 bits per heavy atom. The lowest BCUT2D eigenvalue weighted by Gasteiger charge is -2.31. The van der Waals surface area contributed by atoms with E-state index in [1.165, 1.54) is 21.5 Å². The molecule has 0 spiro atoms. The highest BCUT2D eigenvalue weighted by Crippen LogP contribution is 2.49. The van der Waals surface area contributed by atoms with E-state index in [9.17, 15) is 0 Å². The molecular formula is C30H24O2Si. The molecule has 0 fully saturated rings. The van der Waals surface area contributed by atoms with Gasteiger partial charge in [-0.1, -0.05) is 96.6 Å². The van der Waals surface area contributed by atoms with Gasteiger partial charge in [0.1, 0.15) is 11.5 Å². The predicted octanol–water partition coefficient (Wildman–Crippen LogP) is 7.36. The van der Waals surface area contributed by atoms with Gasteiger partial charge in [0.15, 0.2) is 0 Å². The largest absolute Gasteiger partial charge is 0.508 e. The number of allylic oxidation sites excluding steroid dienone is 1. The lowest BCUT2D eigenvalue weighted by atomic mass is 9.92. The molecule has 160 valence electrons. The first-order chi connectivity index (χ1) is 16.1. The Morgan fingerprint density at radius 2 is 1.12 bits per heavy atom. The van der Waals surface area contributed by atoms with Gasteiger partial charge in [-0.3, -0.25) is 0 Å². The molecule has 0 atom stereocenters. The Bertz CT molecular complexity index is 1430. The zero-order chi connectivity index (χ0) is 22.4. The quantitative estimate of drug-likeness (QED) is 0.214. The molecule has 0 bridgehead atoms. The second-order valence-corrected chi connectivity index (χ2v) is 11.6. The van der Waals surface area contributed by atoms with Crippen LogP contribution >= 0.6 is 0 Å². The van der Waals surface area contributed by atoms with E-state index in [1.54, 1.807) is 0 Å². The van der Waals surface area contributed by atoms with Crippen LogP contribution in [0.4, 0.5) is 0 Å². The highest BCUT2D eigenvalue weighted by Gasteiger charge is 2.47. The average Bonchev–Trinajstić information content (AvgIpc) is 2.99. The molecule has 33 heavy (non-hydrogen) atoms. The van der Waals surface area contributed by atoms with Gasteiger partial charge < -0.3 is 8.85 Å². The minimum Gasteiger partial charge on any atom is -0.508 e. The van der Waals surface area contributed by atoms with Crippen LogP contribution in [-0.2, 0) is 0 Å². The minimum atomic E-state index is -2.95. The molecule has 0 aromatic heterocycles. The van der Waals surface area contributed by atoms with Crippen LogP contribution in [-0.4, -0.2) is 8.56 Å². The second-order valence-electron chi connectivity index (χ2n) is 8.78. The number of benzene rings is 5. The van der Waals surface area contributed by atoms with Gasteiger partial charge in [0.05, 0.1) is 0 Å². The van der Waals surface area contributed by atoms with Gasteiger partial charge in [-0.25, -0.2) is 0 Å². The lowest BCUT2D eigenvalue weighted by Crippen LogP contribution is -2.59. The fourth-order valence-electron chi connectivity index (χ4n) is 4.95. The van der Waals surface area contributed by atoms with Gasteiger partial charge in [-0.2, -0.15) is 0 Å². The van der Waals surface area contributed by atoms with Crippen molar-refractivity contribution < 1.29 is 8.85 Å². The monoisotopic (exact) mass is 444 g/mol. The highest BCUT2D eigenvalue weighted by atomic mass is 28.4. The second kappa shape index (κ2) is 7.64. The van der Waals surface area contributed by atoms with Crippen LogP contribution in [0.25, 0.3) is 32.7 Å². The first-order valence-corrected chi connectivity index (χ1v) is 13.3. The maximum absolute atomic E-state index is 7.04. The summed E-state index contributed by atoms with van der Waals surface area (Å²) < 4.78 is 14.1. The van der Waals surface area contributed by atoms with E-state index in [2.05, 4.69) is 111 Å². The van der Waals surface area contributed by atoms with Crippen molar-refractivity contribution in [1.82, 2.24) is 0 Å².